The average molecular weight is 412 g/mol. The molecule has 0 radical (unpaired) electrons. The van der Waals surface area contributed by atoms with Crippen LogP contribution >= 0.6 is 11.8 Å². The van der Waals surface area contributed by atoms with E-state index in [9.17, 15) is 9.59 Å². The number of thioether (sulfide) groups is 1. The number of carbonyl (C=O) groups is 1. The van der Waals surface area contributed by atoms with E-state index in [0.717, 1.165) is 0 Å². The molecule has 0 aliphatic carbocycles. The number of carbonyl (C=O) groups excluding carboxylic acids is 1. The maximum Gasteiger partial charge on any atom is 0.262 e. The van der Waals surface area contributed by atoms with E-state index in [0.29, 0.717) is 34.0 Å². The van der Waals surface area contributed by atoms with Gasteiger partial charge in [-0.15, -0.1) is 0 Å². The molecule has 0 fully saturated rings. The number of nitrogens with one attached hydrogen (secondary N) is 1. The summed E-state index contributed by atoms with van der Waals surface area (Å²) in [7, 11) is 1.58. The van der Waals surface area contributed by atoms with Crippen molar-refractivity contribution in [3.05, 3.63) is 58.9 Å². The summed E-state index contributed by atoms with van der Waals surface area (Å²) in [5.74, 6) is 0.780. The lowest BCUT2D eigenvalue weighted by atomic mass is 10.2. The summed E-state index contributed by atoms with van der Waals surface area (Å²) in [6.45, 7) is 6.45. The zero-order valence-electron chi connectivity index (χ0n) is 17.0. The topological polar surface area (TPSA) is 73.2 Å². The van der Waals surface area contributed by atoms with Crippen LogP contribution in [-0.2, 0) is 11.3 Å². The average Bonchev–Trinajstić information content (AvgIpc) is 2.70. The summed E-state index contributed by atoms with van der Waals surface area (Å²) in [4.78, 5) is 30.4. The first-order valence-electron chi connectivity index (χ1n) is 9.50. The Bertz CT molecular complexity index is 1080. The summed E-state index contributed by atoms with van der Waals surface area (Å²) >= 11 is 1.29. The van der Waals surface area contributed by atoms with Gasteiger partial charge in [0.05, 0.1) is 23.3 Å². The first-order chi connectivity index (χ1) is 13.9. The molecular formula is C22H25N3O3S. The number of para-hydroxylation sites is 1. The number of ether oxygens (including phenoxy) is 1. The van der Waals surface area contributed by atoms with Crippen LogP contribution < -0.4 is 15.6 Å². The Labute approximate surface area is 174 Å². The van der Waals surface area contributed by atoms with Gasteiger partial charge < -0.3 is 10.1 Å². The second-order valence-electron chi connectivity index (χ2n) is 7.20. The van der Waals surface area contributed by atoms with Crippen LogP contribution in [0.25, 0.3) is 10.9 Å². The molecule has 3 rings (SSSR count). The van der Waals surface area contributed by atoms with Crippen LogP contribution in [0.3, 0.4) is 0 Å². The lowest BCUT2D eigenvalue weighted by Gasteiger charge is -2.17. The minimum absolute atomic E-state index is 0.0767. The largest absolute Gasteiger partial charge is 0.497 e. The number of fused-ring (bicyclic) bond motifs is 1. The van der Waals surface area contributed by atoms with Gasteiger partial charge in [-0.25, -0.2) is 4.98 Å². The predicted molar refractivity (Wildman–Crippen MR) is 118 cm³/mol. The fourth-order valence-electron chi connectivity index (χ4n) is 2.92. The Balaban J connectivity index is 1.87. The molecule has 6 nitrogen and oxygen atoms in total. The molecule has 0 saturated heterocycles. The minimum Gasteiger partial charge on any atom is -0.497 e. The second-order valence-corrected chi connectivity index (χ2v) is 8.51. The van der Waals surface area contributed by atoms with Crippen molar-refractivity contribution in [2.75, 3.05) is 12.4 Å². The molecule has 1 atom stereocenters. The Morgan fingerprint density at radius 2 is 1.93 bits per heavy atom. The number of amides is 1. The maximum absolute atomic E-state index is 13.0. The van der Waals surface area contributed by atoms with E-state index in [2.05, 4.69) is 24.1 Å². The van der Waals surface area contributed by atoms with E-state index in [1.54, 1.807) is 36.8 Å². The smallest absolute Gasteiger partial charge is 0.262 e. The van der Waals surface area contributed by atoms with Crippen LogP contribution in [-0.4, -0.2) is 27.8 Å². The van der Waals surface area contributed by atoms with Crippen LogP contribution in [0.4, 0.5) is 5.69 Å². The summed E-state index contributed by atoms with van der Waals surface area (Å²) < 4.78 is 6.87. The highest BCUT2D eigenvalue weighted by Crippen LogP contribution is 2.25. The lowest BCUT2D eigenvalue weighted by molar-refractivity contribution is -0.115. The Hall–Kier alpha value is -2.80. The fraction of sp³-hybridized carbons (Fsp3) is 0.318. The SMILES string of the molecule is COc1cccc(NC(=O)[C@H](C)Sc2nc3ccccc3c(=O)n2CC(C)C)c1. The number of aromatic nitrogens is 2. The van der Waals surface area contributed by atoms with Crippen LogP contribution in [0, 0.1) is 5.92 Å². The van der Waals surface area contributed by atoms with Crippen molar-refractivity contribution in [3.63, 3.8) is 0 Å². The molecule has 1 N–H and O–H groups in total. The zero-order valence-corrected chi connectivity index (χ0v) is 17.8. The molecule has 0 saturated carbocycles. The minimum atomic E-state index is -0.437. The summed E-state index contributed by atoms with van der Waals surface area (Å²) in [5.41, 5.74) is 1.22. The monoisotopic (exact) mass is 411 g/mol. The number of methoxy groups -OCH3 is 1. The van der Waals surface area contributed by atoms with E-state index < -0.39 is 5.25 Å². The molecule has 0 aliphatic heterocycles. The molecule has 29 heavy (non-hydrogen) atoms. The van der Waals surface area contributed by atoms with Crippen molar-refractivity contribution in [1.82, 2.24) is 9.55 Å². The normalized spacial score (nSPS) is 12.2. The third-order valence-corrected chi connectivity index (χ3v) is 5.45. The first kappa shape index (κ1) is 20.9. The van der Waals surface area contributed by atoms with E-state index >= 15 is 0 Å². The zero-order chi connectivity index (χ0) is 21.0. The van der Waals surface area contributed by atoms with Gasteiger partial charge >= 0.3 is 0 Å². The van der Waals surface area contributed by atoms with Crippen molar-refractivity contribution in [2.45, 2.75) is 37.7 Å². The highest BCUT2D eigenvalue weighted by atomic mass is 32.2. The van der Waals surface area contributed by atoms with Gasteiger partial charge in [0.15, 0.2) is 5.16 Å². The molecule has 0 aliphatic rings. The highest BCUT2D eigenvalue weighted by molar-refractivity contribution is 8.00. The van der Waals surface area contributed by atoms with Crippen LogP contribution in [0.1, 0.15) is 20.8 Å². The molecule has 0 spiro atoms. The van der Waals surface area contributed by atoms with Gasteiger partial charge in [0.1, 0.15) is 5.75 Å². The Kier molecular flexibility index (Phi) is 6.59. The molecule has 0 bridgehead atoms. The van der Waals surface area contributed by atoms with Crippen molar-refractivity contribution >= 4 is 34.3 Å². The fourth-order valence-corrected chi connectivity index (χ4v) is 3.84. The molecule has 3 aromatic rings. The van der Waals surface area contributed by atoms with Crippen LogP contribution in [0.5, 0.6) is 5.75 Å². The standard InChI is InChI=1S/C22H25N3O3S/c1-14(2)13-25-21(27)18-10-5-6-11-19(18)24-22(25)29-15(3)20(26)23-16-8-7-9-17(12-16)28-4/h5-12,14-15H,13H2,1-4H3,(H,23,26)/t15-/m0/s1. The van der Waals surface area contributed by atoms with Crippen molar-refractivity contribution in [2.24, 2.45) is 5.92 Å². The van der Waals surface area contributed by atoms with E-state index in [4.69, 9.17) is 4.74 Å². The number of rotatable bonds is 7. The number of hydrogen-bond acceptors (Lipinski definition) is 5. The molecular weight excluding hydrogens is 386 g/mol. The van der Waals surface area contributed by atoms with Gasteiger partial charge in [0.2, 0.25) is 5.91 Å². The third-order valence-electron chi connectivity index (χ3n) is 4.36. The third kappa shape index (κ3) is 4.98. The van der Waals surface area contributed by atoms with E-state index in [1.165, 1.54) is 11.8 Å². The summed E-state index contributed by atoms with van der Waals surface area (Å²) in [6, 6.07) is 14.5. The van der Waals surface area contributed by atoms with Crippen molar-refractivity contribution in [1.29, 1.82) is 0 Å². The Morgan fingerprint density at radius 3 is 2.66 bits per heavy atom. The summed E-state index contributed by atoms with van der Waals surface area (Å²) in [6.07, 6.45) is 0. The van der Waals surface area contributed by atoms with Gasteiger partial charge in [-0.05, 0) is 37.1 Å². The van der Waals surface area contributed by atoms with Crippen molar-refractivity contribution < 1.29 is 9.53 Å². The van der Waals surface area contributed by atoms with Gasteiger partial charge in [0.25, 0.3) is 5.56 Å². The van der Waals surface area contributed by atoms with Crippen LogP contribution in [0.2, 0.25) is 0 Å². The van der Waals surface area contributed by atoms with E-state index in [-0.39, 0.29) is 17.4 Å². The number of benzene rings is 2. The quantitative estimate of drug-likeness (QED) is 0.466. The van der Waals surface area contributed by atoms with Gasteiger partial charge in [0, 0.05) is 18.3 Å². The number of anilines is 1. The predicted octanol–water partition coefficient (Wildman–Crippen LogP) is 4.18. The molecule has 1 amide bonds. The van der Waals surface area contributed by atoms with Gasteiger partial charge in [-0.2, -0.15) is 0 Å². The van der Waals surface area contributed by atoms with Crippen molar-refractivity contribution in [3.8, 4) is 5.75 Å². The molecule has 0 unspecified atom stereocenters. The molecule has 2 aromatic carbocycles. The maximum atomic E-state index is 13.0. The highest BCUT2D eigenvalue weighted by Gasteiger charge is 2.20. The van der Waals surface area contributed by atoms with Crippen LogP contribution in [0.15, 0.2) is 58.5 Å². The molecule has 1 heterocycles. The molecule has 1 aromatic heterocycles. The molecule has 7 heteroatoms. The van der Waals surface area contributed by atoms with Gasteiger partial charge in [-0.3, -0.25) is 14.2 Å². The first-order valence-corrected chi connectivity index (χ1v) is 10.4. The van der Waals surface area contributed by atoms with Gasteiger partial charge in [-0.1, -0.05) is 43.8 Å². The number of nitrogens with zero attached hydrogens (tertiary/aromatic N) is 2. The second kappa shape index (κ2) is 9.13. The van der Waals surface area contributed by atoms with E-state index in [1.807, 2.05) is 30.3 Å². The lowest BCUT2D eigenvalue weighted by Crippen LogP contribution is -2.28. The Morgan fingerprint density at radius 1 is 1.17 bits per heavy atom. The number of hydrogen-bond donors (Lipinski definition) is 1. The molecule has 152 valence electrons. The summed E-state index contributed by atoms with van der Waals surface area (Å²) in [5, 5.41) is 3.60.